The van der Waals surface area contributed by atoms with Crippen molar-refractivity contribution in [1.82, 2.24) is 0 Å². The van der Waals surface area contributed by atoms with Crippen molar-refractivity contribution in [2.45, 2.75) is 136 Å². The molecule has 0 aromatic carbocycles. The minimum atomic E-state index is -4.37. The van der Waals surface area contributed by atoms with Gasteiger partial charge < -0.3 is 15.5 Å². The molecule has 0 aliphatic carbocycles. The number of nitrogens with two attached hydrogens (primary N) is 1. The summed E-state index contributed by atoms with van der Waals surface area (Å²) >= 11 is 0. The number of rotatable bonds is 18. The molecule has 0 fully saturated rings. The number of phosphoric ester groups is 1. The summed E-state index contributed by atoms with van der Waals surface area (Å²) < 4.78 is 15.8. The monoisotopic (exact) mass is 423 g/mol. The van der Waals surface area contributed by atoms with Crippen molar-refractivity contribution in [2.75, 3.05) is 6.54 Å². The molecule has 0 amide bonds. The molecule has 0 aliphatic heterocycles. The molecule has 4 N–H and O–H groups in total. The average Bonchev–Trinajstić information content (AvgIpc) is 2.65. The molecule has 0 heterocycles. The maximum Gasteiger partial charge on any atom is 0.470 e. The van der Waals surface area contributed by atoms with Crippen LogP contribution in [0.2, 0.25) is 0 Å². The Hall–Kier alpha value is 0.0700. The summed E-state index contributed by atoms with van der Waals surface area (Å²) in [5, 5.41) is 0. The highest BCUT2D eigenvalue weighted by atomic mass is 31.2. The lowest BCUT2D eigenvalue weighted by Gasteiger charge is -2.31. The molecule has 0 atom stereocenters. The largest absolute Gasteiger partial charge is 0.470 e. The summed E-state index contributed by atoms with van der Waals surface area (Å²) in [4.78, 5) is 17.7. The standard InChI is InChI=1S/C12H27N.C10H23O4P/c1-2-3-4-5-6-7-8-9-10-11-12-13;1-4-7-8-9-10(5-2,6-3)14-15(11,12)13/h2-13H2,1H3;4-9H2,1-3H3,(H2,11,12,13). The molecule has 0 unspecified atom stereocenters. The zero-order valence-corrected chi connectivity index (χ0v) is 20.2. The van der Waals surface area contributed by atoms with E-state index in [4.69, 9.17) is 20.0 Å². The van der Waals surface area contributed by atoms with Gasteiger partial charge in [-0.3, -0.25) is 4.52 Å². The van der Waals surface area contributed by atoms with E-state index in [0.717, 1.165) is 32.2 Å². The van der Waals surface area contributed by atoms with Gasteiger partial charge >= 0.3 is 7.82 Å². The molecule has 0 saturated heterocycles. The second-order valence-corrected chi connectivity index (χ2v) is 9.06. The lowest BCUT2D eigenvalue weighted by atomic mass is 9.91. The van der Waals surface area contributed by atoms with Gasteiger partial charge in [0, 0.05) is 0 Å². The third-order valence-corrected chi connectivity index (χ3v) is 6.02. The highest BCUT2D eigenvalue weighted by molar-refractivity contribution is 7.46. The first kappa shape index (κ1) is 30.3. The molecule has 0 aliphatic rings. The second kappa shape index (κ2) is 20.3. The van der Waals surface area contributed by atoms with Crippen molar-refractivity contribution in [2.24, 2.45) is 5.73 Å². The van der Waals surface area contributed by atoms with Gasteiger partial charge in [-0.05, 0) is 32.2 Å². The van der Waals surface area contributed by atoms with Gasteiger partial charge in [-0.2, -0.15) is 0 Å². The van der Waals surface area contributed by atoms with Gasteiger partial charge in [0.1, 0.15) is 0 Å². The van der Waals surface area contributed by atoms with Crippen LogP contribution in [-0.4, -0.2) is 21.9 Å². The van der Waals surface area contributed by atoms with E-state index in [-0.39, 0.29) is 0 Å². The Bertz CT molecular complexity index is 346. The minimum absolute atomic E-state index is 0.637. The van der Waals surface area contributed by atoms with Crippen LogP contribution in [0.25, 0.3) is 0 Å². The summed E-state index contributed by atoms with van der Waals surface area (Å²) in [5.41, 5.74) is 4.78. The molecular formula is C22H50NO4P. The van der Waals surface area contributed by atoms with Gasteiger partial charge in [0.15, 0.2) is 0 Å². The van der Waals surface area contributed by atoms with Gasteiger partial charge in [0.25, 0.3) is 0 Å². The van der Waals surface area contributed by atoms with E-state index >= 15 is 0 Å². The first-order chi connectivity index (χ1) is 13.3. The smallest absolute Gasteiger partial charge is 0.330 e. The third-order valence-electron chi connectivity index (χ3n) is 5.39. The molecule has 0 saturated carbocycles. The average molecular weight is 424 g/mol. The van der Waals surface area contributed by atoms with Crippen LogP contribution in [0.5, 0.6) is 0 Å². The van der Waals surface area contributed by atoms with E-state index in [1.165, 1.54) is 64.2 Å². The van der Waals surface area contributed by atoms with E-state index in [2.05, 4.69) is 13.8 Å². The first-order valence-corrected chi connectivity index (χ1v) is 13.3. The van der Waals surface area contributed by atoms with E-state index in [0.29, 0.717) is 12.8 Å². The Morgan fingerprint density at radius 3 is 1.46 bits per heavy atom. The van der Waals surface area contributed by atoms with Crippen LogP contribution in [0.1, 0.15) is 130 Å². The molecule has 0 aromatic heterocycles. The predicted octanol–water partition coefficient (Wildman–Crippen LogP) is 7.10. The van der Waals surface area contributed by atoms with E-state index in [9.17, 15) is 4.57 Å². The fourth-order valence-corrected chi connectivity index (χ4v) is 4.21. The highest BCUT2D eigenvalue weighted by Crippen LogP contribution is 2.45. The molecule has 5 nitrogen and oxygen atoms in total. The second-order valence-electron chi connectivity index (χ2n) is 7.90. The molecule has 0 aromatic rings. The van der Waals surface area contributed by atoms with Crippen LogP contribution < -0.4 is 5.73 Å². The molecule has 6 heteroatoms. The van der Waals surface area contributed by atoms with Gasteiger partial charge in [0.2, 0.25) is 0 Å². The third kappa shape index (κ3) is 20.8. The zero-order chi connectivity index (χ0) is 21.7. The zero-order valence-electron chi connectivity index (χ0n) is 19.3. The SMILES string of the molecule is CCCCCC(CC)(CC)OP(=O)(O)O.CCCCCCCCCCCCN. The molecule has 0 radical (unpaired) electrons. The minimum Gasteiger partial charge on any atom is -0.330 e. The number of hydrogen-bond acceptors (Lipinski definition) is 3. The van der Waals surface area contributed by atoms with Crippen LogP contribution in [0.3, 0.4) is 0 Å². The van der Waals surface area contributed by atoms with E-state index < -0.39 is 13.4 Å². The van der Waals surface area contributed by atoms with Crippen molar-refractivity contribution in [3.63, 3.8) is 0 Å². The number of phosphoric acid groups is 1. The van der Waals surface area contributed by atoms with Gasteiger partial charge in [0.05, 0.1) is 5.60 Å². The van der Waals surface area contributed by atoms with Crippen LogP contribution in [0, 0.1) is 0 Å². The van der Waals surface area contributed by atoms with E-state index in [1.54, 1.807) is 0 Å². The summed E-state index contributed by atoms with van der Waals surface area (Å²) in [7, 11) is -4.37. The van der Waals surface area contributed by atoms with Crippen molar-refractivity contribution < 1.29 is 18.9 Å². The van der Waals surface area contributed by atoms with Gasteiger partial charge in [-0.25, -0.2) is 4.57 Å². The van der Waals surface area contributed by atoms with Crippen LogP contribution in [0.4, 0.5) is 0 Å². The quantitative estimate of drug-likeness (QED) is 0.161. The first-order valence-electron chi connectivity index (χ1n) is 11.8. The lowest BCUT2D eigenvalue weighted by molar-refractivity contribution is 0.0174. The summed E-state index contributed by atoms with van der Waals surface area (Å²) in [6.45, 7) is 9.06. The maximum absolute atomic E-state index is 10.9. The number of unbranched alkanes of at least 4 members (excludes halogenated alkanes) is 11. The maximum atomic E-state index is 10.9. The topological polar surface area (TPSA) is 92.8 Å². The fourth-order valence-electron chi connectivity index (χ4n) is 3.36. The molecule has 0 rings (SSSR count). The van der Waals surface area contributed by atoms with Crippen molar-refractivity contribution in [3.05, 3.63) is 0 Å². The van der Waals surface area contributed by atoms with Gasteiger partial charge in [-0.15, -0.1) is 0 Å². The molecule has 28 heavy (non-hydrogen) atoms. The van der Waals surface area contributed by atoms with Crippen LogP contribution in [0.15, 0.2) is 0 Å². The van der Waals surface area contributed by atoms with Crippen molar-refractivity contribution in [3.8, 4) is 0 Å². The highest BCUT2D eigenvalue weighted by Gasteiger charge is 2.34. The Kier molecular flexibility index (Phi) is 22.0. The lowest BCUT2D eigenvalue weighted by Crippen LogP contribution is -2.29. The Morgan fingerprint density at radius 1 is 0.714 bits per heavy atom. The Labute approximate surface area is 175 Å². The molecule has 172 valence electrons. The summed E-state index contributed by atoms with van der Waals surface area (Å²) in [6, 6.07) is 0. The van der Waals surface area contributed by atoms with Crippen molar-refractivity contribution in [1.29, 1.82) is 0 Å². The predicted molar refractivity (Wildman–Crippen MR) is 121 cm³/mol. The summed E-state index contributed by atoms with van der Waals surface area (Å²) in [6.07, 6.45) is 19.1. The molecule has 0 spiro atoms. The fraction of sp³-hybridized carbons (Fsp3) is 1.00. The summed E-state index contributed by atoms with van der Waals surface area (Å²) in [5.74, 6) is 0. The Morgan fingerprint density at radius 2 is 1.11 bits per heavy atom. The Balaban J connectivity index is 0. The van der Waals surface area contributed by atoms with Gasteiger partial charge in [-0.1, -0.05) is 105 Å². The van der Waals surface area contributed by atoms with E-state index in [1.807, 2.05) is 13.8 Å². The number of hydrogen-bond donors (Lipinski definition) is 3. The van der Waals surface area contributed by atoms with Crippen LogP contribution in [-0.2, 0) is 9.09 Å². The molecule has 0 bridgehead atoms. The van der Waals surface area contributed by atoms with Crippen molar-refractivity contribution >= 4 is 7.82 Å². The van der Waals surface area contributed by atoms with Crippen LogP contribution >= 0.6 is 7.82 Å². The normalized spacial score (nSPS) is 12.0. The molecular weight excluding hydrogens is 373 g/mol.